The molecule has 0 bridgehead atoms. The van der Waals surface area contributed by atoms with Crippen LogP contribution in [0.4, 0.5) is 10.1 Å². The molecule has 1 aromatic rings. The van der Waals surface area contributed by atoms with Crippen LogP contribution in [-0.4, -0.2) is 18.6 Å². The molecule has 1 saturated carbocycles. The zero-order valence-electron chi connectivity index (χ0n) is 11.7. The third kappa shape index (κ3) is 4.20. The van der Waals surface area contributed by atoms with Gasteiger partial charge in [-0.25, -0.2) is 4.39 Å². The summed E-state index contributed by atoms with van der Waals surface area (Å²) in [6, 6.07) is 3.55. The number of amides is 1. The van der Waals surface area contributed by atoms with Crippen molar-refractivity contribution in [2.75, 3.05) is 11.9 Å². The first-order chi connectivity index (χ1) is 9.60. The number of anilines is 1. The Bertz CT molecular complexity index is 475. The van der Waals surface area contributed by atoms with Crippen LogP contribution in [0.1, 0.15) is 32.6 Å². The SMILES string of the molecule is CCCC(N)C(=O)Nc1ccc(F)cc1OCC1CC1. The van der Waals surface area contributed by atoms with E-state index in [9.17, 15) is 9.18 Å². The highest BCUT2D eigenvalue weighted by Gasteiger charge is 2.23. The molecular weight excluding hydrogens is 259 g/mol. The highest BCUT2D eigenvalue weighted by Crippen LogP contribution is 2.32. The Hall–Kier alpha value is -1.62. The third-order valence-corrected chi connectivity index (χ3v) is 3.31. The van der Waals surface area contributed by atoms with Crippen molar-refractivity contribution in [3.05, 3.63) is 24.0 Å². The van der Waals surface area contributed by atoms with Gasteiger partial charge < -0.3 is 15.8 Å². The summed E-state index contributed by atoms with van der Waals surface area (Å²) in [5.41, 5.74) is 6.24. The van der Waals surface area contributed by atoms with Crippen molar-refractivity contribution in [3.8, 4) is 5.75 Å². The first-order valence-corrected chi connectivity index (χ1v) is 7.09. The van der Waals surface area contributed by atoms with Gasteiger partial charge in [0.1, 0.15) is 11.6 Å². The van der Waals surface area contributed by atoms with Crippen LogP contribution >= 0.6 is 0 Å². The summed E-state index contributed by atoms with van der Waals surface area (Å²) in [6.45, 7) is 2.53. The van der Waals surface area contributed by atoms with Crippen LogP contribution < -0.4 is 15.8 Å². The number of hydrogen-bond acceptors (Lipinski definition) is 3. The molecule has 0 spiro atoms. The average molecular weight is 280 g/mol. The van der Waals surface area contributed by atoms with E-state index in [4.69, 9.17) is 10.5 Å². The van der Waals surface area contributed by atoms with E-state index in [1.807, 2.05) is 6.92 Å². The molecule has 3 N–H and O–H groups in total. The molecule has 0 heterocycles. The number of benzene rings is 1. The average Bonchev–Trinajstić information content (AvgIpc) is 3.23. The maximum Gasteiger partial charge on any atom is 0.241 e. The monoisotopic (exact) mass is 280 g/mol. The van der Waals surface area contributed by atoms with Gasteiger partial charge in [-0.05, 0) is 37.3 Å². The molecule has 0 aromatic heterocycles. The van der Waals surface area contributed by atoms with E-state index in [2.05, 4.69) is 5.32 Å². The second-order valence-electron chi connectivity index (χ2n) is 5.28. The van der Waals surface area contributed by atoms with E-state index in [1.165, 1.54) is 18.2 Å². The normalized spacial score (nSPS) is 15.8. The molecule has 1 fully saturated rings. The molecule has 1 unspecified atom stereocenters. The van der Waals surface area contributed by atoms with Gasteiger partial charge >= 0.3 is 0 Å². The Labute approximate surface area is 118 Å². The summed E-state index contributed by atoms with van der Waals surface area (Å²) in [7, 11) is 0. The maximum atomic E-state index is 13.3. The van der Waals surface area contributed by atoms with E-state index in [-0.39, 0.29) is 11.7 Å². The number of carbonyl (C=O) groups excluding carboxylic acids is 1. The first-order valence-electron chi connectivity index (χ1n) is 7.09. The van der Waals surface area contributed by atoms with Crippen molar-refractivity contribution in [1.82, 2.24) is 0 Å². The van der Waals surface area contributed by atoms with E-state index >= 15 is 0 Å². The predicted octanol–water partition coefficient (Wildman–Crippen LogP) is 2.68. The summed E-state index contributed by atoms with van der Waals surface area (Å²) < 4.78 is 18.9. The van der Waals surface area contributed by atoms with Gasteiger partial charge in [-0.3, -0.25) is 4.79 Å². The lowest BCUT2D eigenvalue weighted by Gasteiger charge is -2.15. The predicted molar refractivity (Wildman–Crippen MR) is 76.1 cm³/mol. The van der Waals surface area contributed by atoms with Crippen molar-refractivity contribution in [1.29, 1.82) is 0 Å². The van der Waals surface area contributed by atoms with Crippen molar-refractivity contribution >= 4 is 11.6 Å². The van der Waals surface area contributed by atoms with Crippen LogP contribution in [0, 0.1) is 11.7 Å². The van der Waals surface area contributed by atoms with Gasteiger partial charge in [-0.2, -0.15) is 0 Å². The van der Waals surface area contributed by atoms with Gasteiger partial charge in [0.2, 0.25) is 5.91 Å². The summed E-state index contributed by atoms with van der Waals surface area (Å²) >= 11 is 0. The Balaban J connectivity index is 2.02. The molecule has 0 radical (unpaired) electrons. The Morgan fingerprint density at radius 1 is 1.55 bits per heavy atom. The van der Waals surface area contributed by atoms with Crippen LogP contribution in [0.5, 0.6) is 5.75 Å². The molecule has 110 valence electrons. The smallest absolute Gasteiger partial charge is 0.241 e. The van der Waals surface area contributed by atoms with Crippen LogP contribution in [0.25, 0.3) is 0 Å². The fourth-order valence-electron chi connectivity index (χ4n) is 1.88. The highest BCUT2D eigenvalue weighted by molar-refractivity contribution is 5.95. The van der Waals surface area contributed by atoms with E-state index in [1.54, 1.807) is 0 Å². The van der Waals surface area contributed by atoms with Crippen LogP contribution in [0.15, 0.2) is 18.2 Å². The minimum Gasteiger partial charge on any atom is -0.491 e. The van der Waals surface area contributed by atoms with Crippen molar-refractivity contribution in [3.63, 3.8) is 0 Å². The van der Waals surface area contributed by atoms with Gasteiger partial charge in [0.15, 0.2) is 0 Å². The topological polar surface area (TPSA) is 64.4 Å². The molecule has 5 heteroatoms. The summed E-state index contributed by atoms with van der Waals surface area (Å²) in [5.74, 6) is 0.277. The molecule has 1 atom stereocenters. The summed E-state index contributed by atoms with van der Waals surface area (Å²) in [6.07, 6.45) is 3.76. The minimum atomic E-state index is -0.554. The van der Waals surface area contributed by atoms with Crippen LogP contribution in [0.2, 0.25) is 0 Å². The lowest BCUT2D eigenvalue weighted by atomic mass is 10.1. The second kappa shape index (κ2) is 6.70. The molecule has 4 nitrogen and oxygen atoms in total. The lowest BCUT2D eigenvalue weighted by Crippen LogP contribution is -2.35. The molecule has 1 amide bonds. The van der Waals surface area contributed by atoms with Crippen molar-refractivity contribution < 1.29 is 13.9 Å². The Morgan fingerprint density at radius 3 is 2.95 bits per heavy atom. The second-order valence-corrected chi connectivity index (χ2v) is 5.28. The minimum absolute atomic E-state index is 0.269. The number of rotatable bonds is 7. The van der Waals surface area contributed by atoms with E-state index in [0.29, 0.717) is 30.4 Å². The van der Waals surface area contributed by atoms with Gasteiger partial charge in [-0.15, -0.1) is 0 Å². The van der Waals surface area contributed by atoms with Gasteiger partial charge in [-0.1, -0.05) is 13.3 Å². The van der Waals surface area contributed by atoms with Gasteiger partial charge in [0.05, 0.1) is 18.3 Å². The number of nitrogens with two attached hydrogens (primary N) is 1. The third-order valence-electron chi connectivity index (χ3n) is 3.31. The quantitative estimate of drug-likeness (QED) is 0.807. The van der Waals surface area contributed by atoms with Gasteiger partial charge in [0.25, 0.3) is 0 Å². The number of nitrogens with one attached hydrogen (secondary N) is 1. The zero-order chi connectivity index (χ0) is 14.5. The summed E-state index contributed by atoms with van der Waals surface area (Å²) in [5, 5.41) is 2.71. The summed E-state index contributed by atoms with van der Waals surface area (Å²) in [4.78, 5) is 11.9. The molecule has 1 aliphatic carbocycles. The van der Waals surface area contributed by atoms with Gasteiger partial charge in [0, 0.05) is 6.07 Å². The van der Waals surface area contributed by atoms with E-state index < -0.39 is 6.04 Å². The number of ether oxygens (including phenoxy) is 1. The van der Waals surface area contributed by atoms with E-state index in [0.717, 1.165) is 19.3 Å². The standard InChI is InChI=1S/C15H21FN2O2/c1-2-3-12(17)15(19)18-13-7-6-11(16)8-14(13)20-9-10-4-5-10/h6-8,10,12H,2-5,9,17H2,1H3,(H,18,19). The fourth-order valence-corrected chi connectivity index (χ4v) is 1.88. The molecule has 20 heavy (non-hydrogen) atoms. The molecule has 1 aromatic carbocycles. The maximum absolute atomic E-state index is 13.3. The van der Waals surface area contributed by atoms with Crippen molar-refractivity contribution in [2.45, 2.75) is 38.6 Å². The van der Waals surface area contributed by atoms with Crippen LogP contribution in [-0.2, 0) is 4.79 Å². The lowest BCUT2D eigenvalue weighted by molar-refractivity contribution is -0.117. The Morgan fingerprint density at radius 2 is 2.30 bits per heavy atom. The molecule has 2 rings (SSSR count). The largest absolute Gasteiger partial charge is 0.491 e. The number of hydrogen-bond donors (Lipinski definition) is 2. The van der Waals surface area contributed by atoms with Crippen LogP contribution in [0.3, 0.4) is 0 Å². The Kier molecular flexibility index (Phi) is 4.95. The molecule has 0 aliphatic heterocycles. The number of halogens is 1. The molecule has 1 aliphatic rings. The first kappa shape index (κ1) is 14.8. The molecular formula is C15H21FN2O2. The number of carbonyl (C=O) groups is 1. The fraction of sp³-hybridized carbons (Fsp3) is 0.533. The van der Waals surface area contributed by atoms with Crippen molar-refractivity contribution in [2.24, 2.45) is 11.7 Å². The molecule has 0 saturated heterocycles. The highest BCUT2D eigenvalue weighted by atomic mass is 19.1. The zero-order valence-corrected chi connectivity index (χ0v) is 11.7.